The number of aromatic nitrogens is 3. The van der Waals surface area contributed by atoms with E-state index in [-0.39, 0.29) is 0 Å². The zero-order valence-corrected chi connectivity index (χ0v) is 9.37. The highest BCUT2D eigenvalue weighted by molar-refractivity contribution is 9.11. The van der Waals surface area contributed by atoms with E-state index in [9.17, 15) is 0 Å². The number of fused-ring (bicyclic) bond motifs is 1. The van der Waals surface area contributed by atoms with Gasteiger partial charge in [0, 0.05) is 0 Å². The van der Waals surface area contributed by atoms with E-state index in [1.807, 2.05) is 6.07 Å². The van der Waals surface area contributed by atoms with Crippen molar-refractivity contribution >= 4 is 37.4 Å². The monoisotopic (exact) mass is 300 g/mol. The van der Waals surface area contributed by atoms with Crippen LogP contribution in [0.15, 0.2) is 21.6 Å². The third kappa shape index (κ3) is 1.34. The molecule has 0 unspecified atom stereocenters. The van der Waals surface area contributed by atoms with Gasteiger partial charge in [-0.3, -0.25) is 0 Å². The summed E-state index contributed by atoms with van der Waals surface area (Å²) in [6.45, 7) is 0. The summed E-state index contributed by atoms with van der Waals surface area (Å²) in [4.78, 5) is 4.10. The smallest absolute Gasteiger partial charge is 0.134 e. The Balaban J connectivity index is 2.92. The zero-order chi connectivity index (χ0) is 9.42. The van der Waals surface area contributed by atoms with Gasteiger partial charge in [0.15, 0.2) is 0 Å². The molecule has 2 aromatic heterocycles. The third-order valence-corrected chi connectivity index (χ3v) is 2.48. The van der Waals surface area contributed by atoms with Crippen LogP contribution in [-0.2, 0) is 0 Å². The Labute approximate surface area is 90.4 Å². The van der Waals surface area contributed by atoms with E-state index in [2.05, 4.69) is 41.9 Å². The first-order valence-corrected chi connectivity index (χ1v) is 4.90. The zero-order valence-electron chi connectivity index (χ0n) is 6.20. The van der Waals surface area contributed by atoms with Crippen molar-refractivity contribution in [1.29, 1.82) is 5.26 Å². The van der Waals surface area contributed by atoms with E-state index in [0.29, 0.717) is 20.3 Å². The summed E-state index contributed by atoms with van der Waals surface area (Å²) >= 11 is 6.49. The number of nitriles is 1. The highest BCUT2D eigenvalue weighted by Gasteiger charge is 2.08. The number of hydrogen-bond acceptors (Lipinski definition) is 3. The second-order valence-corrected chi connectivity index (χ2v) is 3.88. The Morgan fingerprint density at radius 3 is 2.92 bits per heavy atom. The molecule has 0 saturated heterocycles. The maximum atomic E-state index is 8.75. The van der Waals surface area contributed by atoms with Gasteiger partial charge in [0.2, 0.25) is 0 Å². The fourth-order valence-electron chi connectivity index (χ4n) is 1.02. The van der Waals surface area contributed by atoms with Gasteiger partial charge in [-0.15, -0.1) is 0 Å². The van der Waals surface area contributed by atoms with Crippen LogP contribution in [0.5, 0.6) is 0 Å². The Bertz CT molecular complexity index is 511. The minimum Gasteiger partial charge on any atom is -0.234 e. The fourth-order valence-corrected chi connectivity index (χ4v) is 2.22. The molecule has 0 aliphatic carbocycles. The maximum Gasteiger partial charge on any atom is 0.134 e. The van der Waals surface area contributed by atoms with Gasteiger partial charge in [-0.1, -0.05) is 0 Å². The molecule has 0 bridgehead atoms. The molecule has 0 atom stereocenters. The van der Waals surface area contributed by atoms with E-state index in [1.165, 1.54) is 6.20 Å². The van der Waals surface area contributed by atoms with Crippen molar-refractivity contribution in [3.63, 3.8) is 0 Å². The lowest BCUT2D eigenvalue weighted by atomic mass is 10.3. The Kier molecular flexibility index (Phi) is 2.06. The molecule has 4 nitrogen and oxygen atoms in total. The molecule has 64 valence electrons. The van der Waals surface area contributed by atoms with Crippen molar-refractivity contribution in [2.24, 2.45) is 0 Å². The minimum atomic E-state index is 0.506. The SMILES string of the molecule is N#Cc1cnn2cc(Br)nc(Br)c12. The lowest BCUT2D eigenvalue weighted by Gasteiger charge is -1.96. The largest absolute Gasteiger partial charge is 0.234 e. The lowest BCUT2D eigenvalue weighted by Crippen LogP contribution is -1.91. The molecule has 0 aliphatic rings. The molecule has 0 saturated carbocycles. The predicted octanol–water partition coefficient (Wildman–Crippen LogP) is 2.13. The van der Waals surface area contributed by atoms with Gasteiger partial charge in [0.25, 0.3) is 0 Å². The molecule has 0 spiro atoms. The summed E-state index contributed by atoms with van der Waals surface area (Å²) in [5.41, 5.74) is 1.19. The minimum absolute atomic E-state index is 0.506. The number of halogens is 2. The molecule has 0 N–H and O–H groups in total. The van der Waals surface area contributed by atoms with Crippen LogP contribution >= 0.6 is 31.9 Å². The molecular formula is C7H2Br2N4. The Hall–Kier alpha value is -0.930. The first kappa shape index (κ1) is 8.66. The second-order valence-electron chi connectivity index (χ2n) is 2.32. The normalized spacial score (nSPS) is 10.2. The maximum absolute atomic E-state index is 8.75. The molecule has 0 aromatic carbocycles. The third-order valence-electron chi connectivity index (χ3n) is 1.55. The van der Waals surface area contributed by atoms with Crippen LogP contribution in [0.3, 0.4) is 0 Å². The average Bonchev–Trinajstić information content (AvgIpc) is 2.47. The van der Waals surface area contributed by atoms with Crippen molar-refractivity contribution < 1.29 is 0 Å². The molecule has 2 aromatic rings. The summed E-state index contributed by atoms with van der Waals surface area (Å²) < 4.78 is 2.87. The van der Waals surface area contributed by atoms with E-state index in [1.54, 1.807) is 10.7 Å². The van der Waals surface area contributed by atoms with Crippen LogP contribution in [0.25, 0.3) is 5.52 Å². The number of hydrogen-bond donors (Lipinski definition) is 0. The summed E-state index contributed by atoms with van der Waals surface area (Å²) in [5.74, 6) is 0. The van der Waals surface area contributed by atoms with Crippen molar-refractivity contribution in [2.45, 2.75) is 0 Å². The van der Waals surface area contributed by atoms with E-state index < -0.39 is 0 Å². The van der Waals surface area contributed by atoms with Crippen molar-refractivity contribution in [3.8, 4) is 6.07 Å². The highest BCUT2D eigenvalue weighted by Crippen LogP contribution is 2.21. The number of rotatable bonds is 0. The lowest BCUT2D eigenvalue weighted by molar-refractivity contribution is 0.930. The van der Waals surface area contributed by atoms with Crippen LogP contribution in [-0.4, -0.2) is 14.6 Å². The van der Waals surface area contributed by atoms with Gasteiger partial charge >= 0.3 is 0 Å². The molecule has 13 heavy (non-hydrogen) atoms. The van der Waals surface area contributed by atoms with Crippen LogP contribution in [0.1, 0.15) is 5.56 Å². The molecule has 0 aliphatic heterocycles. The molecule has 6 heteroatoms. The molecule has 0 radical (unpaired) electrons. The van der Waals surface area contributed by atoms with Crippen molar-refractivity contribution in [2.75, 3.05) is 0 Å². The molecule has 2 rings (SSSR count). The quantitative estimate of drug-likeness (QED) is 0.749. The van der Waals surface area contributed by atoms with E-state index >= 15 is 0 Å². The second kappa shape index (κ2) is 3.09. The number of nitrogens with zero attached hydrogens (tertiary/aromatic N) is 4. The first-order valence-electron chi connectivity index (χ1n) is 3.32. The highest BCUT2D eigenvalue weighted by atomic mass is 79.9. The average molecular weight is 302 g/mol. The van der Waals surface area contributed by atoms with E-state index in [0.717, 1.165) is 0 Å². The van der Waals surface area contributed by atoms with Crippen LogP contribution in [0.2, 0.25) is 0 Å². The molecule has 0 amide bonds. The molecule has 2 heterocycles. The van der Waals surface area contributed by atoms with Gasteiger partial charge in [-0.05, 0) is 31.9 Å². The van der Waals surface area contributed by atoms with Gasteiger partial charge in [0.1, 0.15) is 26.4 Å². The summed E-state index contributed by atoms with van der Waals surface area (Å²) in [6, 6.07) is 2.04. The van der Waals surface area contributed by atoms with Crippen LogP contribution in [0, 0.1) is 11.3 Å². The van der Waals surface area contributed by atoms with Crippen molar-refractivity contribution in [1.82, 2.24) is 14.6 Å². The van der Waals surface area contributed by atoms with Crippen molar-refractivity contribution in [3.05, 3.63) is 27.2 Å². The summed E-state index contributed by atoms with van der Waals surface area (Å²) in [7, 11) is 0. The topological polar surface area (TPSA) is 54.0 Å². The van der Waals surface area contributed by atoms with Crippen LogP contribution < -0.4 is 0 Å². The standard InChI is InChI=1S/C7H2Br2N4/c8-5-3-13-6(7(9)12-5)4(1-10)2-11-13/h2-3H. The summed E-state index contributed by atoms with van der Waals surface area (Å²) in [6.07, 6.45) is 3.20. The van der Waals surface area contributed by atoms with Gasteiger partial charge < -0.3 is 0 Å². The summed E-state index contributed by atoms with van der Waals surface area (Å²) in [5, 5.41) is 12.8. The van der Waals surface area contributed by atoms with E-state index in [4.69, 9.17) is 5.26 Å². The van der Waals surface area contributed by atoms with Gasteiger partial charge in [-0.2, -0.15) is 10.4 Å². The fraction of sp³-hybridized carbons (Fsp3) is 0. The Morgan fingerprint density at radius 2 is 2.23 bits per heavy atom. The molecular weight excluding hydrogens is 300 g/mol. The first-order chi connectivity index (χ1) is 6.22. The van der Waals surface area contributed by atoms with Gasteiger partial charge in [0.05, 0.1) is 12.4 Å². The van der Waals surface area contributed by atoms with Gasteiger partial charge in [-0.25, -0.2) is 9.50 Å². The predicted molar refractivity (Wildman–Crippen MR) is 53.1 cm³/mol. The Morgan fingerprint density at radius 1 is 1.46 bits per heavy atom. The van der Waals surface area contributed by atoms with Crippen LogP contribution in [0.4, 0.5) is 0 Å². The molecule has 0 fully saturated rings.